The number of carboxylic acid groups (broad SMARTS) is 1. The molecule has 0 saturated carbocycles. The molecular weight excluding hydrogens is 290 g/mol. The van der Waals surface area contributed by atoms with Gasteiger partial charge in [0.05, 0.1) is 18.6 Å². The number of benzene rings is 2. The number of fused-ring (bicyclic) bond motifs is 3. The zero-order valence-electron chi connectivity index (χ0n) is 12.7. The van der Waals surface area contributed by atoms with Crippen LogP contribution in [0.3, 0.4) is 0 Å². The number of ether oxygens (including phenoxy) is 1. The van der Waals surface area contributed by atoms with Gasteiger partial charge in [0.25, 0.3) is 0 Å². The van der Waals surface area contributed by atoms with Gasteiger partial charge in [0.15, 0.2) is 0 Å². The van der Waals surface area contributed by atoms with E-state index >= 15 is 0 Å². The molecule has 1 fully saturated rings. The van der Waals surface area contributed by atoms with Crippen molar-refractivity contribution in [3.8, 4) is 0 Å². The van der Waals surface area contributed by atoms with E-state index in [1.54, 1.807) is 0 Å². The van der Waals surface area contributed by atoms with Crippen LogP contribution in [0.4, 0.5) is 5.69 Å². The quantitative estimate of drug-likeness (QED) is 0.910. The predicted molar refractivity (Wildman–Crippen MR) is 87.4 cm³/mol. The molecule has 0 spiro atoms. The molecule has 0 radical (unpaired) electrons. The predicted octanol–water partition coefficient (Wildman–Crippen LogP) is 3.56. The molecule has 2 aliphatic rings. The number of carbonyl (C=O) groups is 1. The van der Waals surface area contributed by atoms with Crippen LogP contribution in [0.25, 0.3) is 0 Å². The molecule has 0 bridgehead atoms. The summed E-state index contributed by atoms with van der Waals surface area (Å²) in [5.41, 5.74) is 4.40. The van der Waals surface area contributed by atoms with Crippen molar-refractivity contribution in [1.82, 2.24) is 0 Å². The Morgan fingerprint density at radius 2 is 1.96 bits per heavy atom. The van der Waals surface area contributed by atoms with E-state index in [4.69, 9.17) is 9.84 Å². The van der Waals surface area contributed by atoms with Crippen molar-refractivity contribution in [2.75, 3.05) is 11.9 Å². The molecule has 4 nitrogen and oxygen atoms in total. The molecule has 4 heteroatoms. The van der Waals surface area contributed by atoms with Gasteiger partial charge in [-0.25, -0.2) is 0 Å². The third kappa shape index (κ3) is 2.59. The minimum Gasteiger partial charge on any atom is -0.481 e. The Labute approximate surface area is 135 Å². The third-order valence-corrected chi connectivity index (χ3v) is 4.84. The van der Waals surface area contributed by atoms with Gasteiger partial charge in [0.1, 0.15) is 0 Å². The lowest BCUT2D eigenvalue weighted by Gasteiger charge is -2.36. The summed E-state index contributed by atoms with van der Waals surface area (Å²) in [6.07, 6.45) is 1.25. The fourth-order valence-electron chi connectivity index (χ4n) is 3.77. The molecule has 1 saturated heterocycles. The second kappa shape index (κ2) is 5.70. The highest BCUT2D eigenvalue weighted by Crippen LogP contribution is 2.49. The number of hydrogen-bond acceptors (Lipinski definition) is 3. The molecule has 118 valence electrons. The van der Waals surface area contributed by atoms with Crippen LogP contribution in [0.5, 0.6) is 0 Å². The van der Waals surface area contributed by atoms with Crippen molar-refractivity contribution < 1.29 is 14.6 Å². The molecule has 2 unspecified atom stereocenters. The molecule has 4 rings (SSSR count). The second-order valence-electron chi connectivity index (χ2n) is 6.27. The lowest BCUT2D eigenvalue weighted by Crippen LogP contribution is -2.29. The summed E-state index contributed by atoms with van der Waals surface area (Å²) in [6, 6.07) is 16.4. The van der Waals surface area contributed by atoms with Crippen LogP contribution in [-0.4, -0.2) is 17.7 Å². The monoisotopic (exact) mass is 309 g/mol. The summed E-state index contributed by atoms with van der Waals surface area (Å²) in [6.45, 7) is 0.791. The van der Waals surface area contributed by atoms with Gasteiger partial charge in [0.2, 0.25) is 0 Å². The third-order valence-electron chi connectivity index (χ3n) is 4.84. The fraction of sp³-hybridized carbons (Fsp3) is 0.316. The molecule has 3 atom stereocenters. The van der Waals surface area contributed by atoms with Gasteiger partial charge in [-0.1, -0.05) is 42.5 Å². The molecular formula is C19H19NO3. The zero-order valence-corrected chi connectivity index (χ0v) is 12.7. The first kappa shape index (κ1) is 14.3. The number of nitrogens with one attached hydrogen (secondary N) is 1. The Bertz CT molecular complexity index is 726. The number of aliphatic carboxylic acids is 1. The SMILES string of the molecule is O=C(O)Cc1ccc(C2Nc3ccccc3[C@H]3OCCC23)cc1. The summed E-state index contributed by atoms with van der Waals surface area (Å²) in [5.74, 6) is -0.387. The smallest absolute Gasteiger partial charge is 0.307 e. The Kier molecular flexibility index (Phi) is 3.54. The molecule has 23 heavy (non-hydrogen) atoms. The number of anilines is 1. The largest absolute Gasteiger partial charge is 0.481 e. The maximum Gasteiger partial charge on any atom is 0.307 e. The van der Waals surface area contributed by atoms with Crippen molar-refractivity contribution in [1.29, 1.82) is 0 Å². The van der Waals surface area contributed by atoms with E-state index in [0.29, 0.717) is 5.92 Å². The minimum atomic E-state index is -0.799. The normalized spacial score (nSPS) is 25.3. The first-order valence-corrected chi connectivity index (χ1v) is 8.00. The van der Waals surface area contributed by atoms with Gasteiger partial charge >= 0.3 is 5.97 Å². The summed E-state index contributed by atoms with van der Waals surface area (Å²) in [4.78, 5) is 10.8. The van der Waals surface area contributed by atoms with Gasteiger partial charge in [-0.05, 0) is 23.6 Å². The van der Waals surface area contributed by atoms with E-state index < -0.39 is 5.97 Å². The lowest BCUT2D eigenvalue weighted by atomic mass is 9.81. The van der Waals surface area contributed by atoms with Crippen LogP contribution in [0.1, 0.15) is 35.3 Å². The van der Waals surface area contributed by atoms with Gasteiger partial charge in [-0.2, -0.15) is 0 Å². The van der Waals surface area contributed by atoms with E-state index in [-0.39, 0.29) is 18.6 Å². The van der Waals surface area contributed by atoms with Gasteiger partial charge in [-0.15, -0.1) is 0 Å². The van der Waals surface area contributed by atoms with Crippen LogP contribution in [0, 0.1) is 5.92 Å². The average Bonchev–Trinajstić information content (AvgIpc) is 3.04. The van der Waals surface area contributed by atoms with Crippen LogP contribution in [0.15, 0.2) is 48.5 Å². The molecule has 2 aromatic rings. The first-order valence-electron chi connectivity index (χ1n) is 8.00. The van der Waals surface area contributed by atoms with Crippen molar-refractivity contribution in [2.24, 2.45) is 5.92 Å². The number of para-hydroxylation sites is 1. The minimum absolute atomic E-state index is 0.0658. The van der Waals surface area contributed by atoms with Crippen LogP contribution < -0.4 is 5.32 Å². The highest BCUT2D eigenvalue weighted by molar-refractivity contribution is 5.70. The van der Waals surface area contributed by atoms with Crippen LogP contribution in [-0.2, 0) is 16.0 Å². The molecule has 2 aromatic carbocycles. The topological polar surface area (TPSA) is 58.6 Å². The van der Waals surface area contributed by atoms with E-state index in [1.807, 2.05) is 30.3 Å². The van der Waals surface area contributed by atoms with Crippen molar-refractivity contribution >= 4 is 11.7 Å². The van der Waals surface area contributed by atoms with Gasteiger partial charge in [0, 0.05) is 23.8 Å². The molecule has 2 N–H and O–H groups in total. The van der Waals surface area contributed by atoms with Crippen LogP contribution >= 0.6 is 0 Å². The number of rotatable bonds is 3. The Morgan fingerprint density at radius 1 is 1.17 bits per heavy atom. The summed E-state index contributed by atoms with van der Waals surface area (Å²) in [7, 11) is 0. The molecule has 2 heterocycles. The average molecular weight is 309 g/mol. The van der Waals surface area contributed by atoms with Crippen molar-refractivity contribution in [2.45, 2.75) is 25.0 Å². The van der Waals surface area contributed by atoms with E-state index in [1.165, 1.54) is 11.1 Å². The van der Waals surface area contributed by atoms with E-state index in [9.17, 15) is 4.79 Å². The number of carboxylic acids is 1. The molecule has 0 aromatic heterocycles. The summed E-state index contributed by atoms with van der Waals surface area (Å²) < 4.78 is 5.99. The van der Waals surface area contributed by atoms with Gasteiger partial charge in [-0.3, -0.25) is 4.79 Å². The maximum atomic E-state index is 10.8. The number of hydrogen-bond donors (Lipinski definition) is 2. The Balaban J connectivity index is 1.65. The maximum absolute atomic E-state index is 10.8. The van der Waals surface area contributed by atoms with Crippen molar-refractivity contribution in [3.63, 3.8) is 0 Å². The van der Waals surface area contributed by atoms with E-state index in [0.717, 1.165) is 24.3 Å². The molecule has 2 aliphatic heterocycles. The zero-order chi connectivity index (χ0) is 15.8. The molecule has 0 aliphatic carbocycles. The van der Waals surface area contributed by atoms with Crippen LogP contribution in [0.2, 0.25) is 0 Å². The Morgan fingerprint density at radius 3 is 2.74 bits per heavy atom. The molecule has 0 amide bonds. The van der Waals surface area contributed by atoms with Gasteiger partial charge < -0.3 is 15.2 Å². The summed E-state index contributed by atoms with van der Waals surface area (Å²) >= 11 is 0. The highest BCUT2D eigenvalue weighted by Gasteiger charge is 2.41. The van der Waals surface area contributed by atoms with E-state index in [2.05, 4.69) is 23.5 Å². The first-order chi connectivity index (χ1) is 11.2. The summed E-state index contributed by atoms with van der Waals surface area (Å²) in [5, 5.41) is 12.5. The Hall–Kier alpha value is -2.33. The highest BCUT2D eigenvalue weighted by atomic mass is 16.5. The fourth-order valence-corrected chi connectivity index (χ4v) is 3.77. The van der Waals surface area contributed by atoms with Crippen molar-refractivity contribution in [3.05, 3.63) is 65.2 Å². The lowest BCUT2D eigenvalue weighted by molar-refractivity contribution is -0.136. The second-order valence-corrected chi connectivity index (χ2v) is 6.27. The standard InChI is InChI=1S/C19H19NO3/c21-17(22)11-12-5-7-13(8-6-12)18-15-9-10-23-19(15)14-3-1-2-4-16(14)20-18/h1-8,15,18-20H,9-11H2,(H,21,22)/t15?,18?,19-/m1/s1.